The average molecular weight is 295 g/mol. The van der Waals surface area contributed by atoms with E-state index < -0.39 is 11.9 Å². The Morgan fingerprint density at radius 3 is 2.38 bits per heavy atom. The number of amides is 3. The number of carbonyl (C=O) groups excluding carboxylic acids is 3. The number of likely N-dealkylation sites (N-methyl/N-ethyl adjacent to an activating group) is 1. The number of hydrogen-bond acceptors (Lipinski definition) is 3. The van der Waals surface area contributed by atoms with Gasteiger partial charge >= 0.3 is 0 Å². The molecule has 0 aromatic carbocycles. The number of carbonyl (C=O) groups is 3. The second-order valence-corrected chi connectivity index (χ2v) is 6.02. The van der Waals surface area contributed by atoms with Gasteiger partial charge < -0.3 is 15.5 Å². The molecule has 0 aromatic heterocycles. The SMILES string of the molecule is C=CC(=O)N1C[C@@H](C(=O)N(C)[C@@H](C(N)=O)C(C)C)C[C@H]1C. The number of primary amides is 1. The minimum Gasteiger partial charge on any atom is -0.368 e. The predicted molar refractivity (Wildman–Crippen MR) is 80.1 cm³/mol. The topological polar surface area (TPSA) is 83.7 Å². The first-order chi connectivity index (χ1) is 9.70. The van der Waals surface area contributed by atoms with Gasteiger partial charge in [0.1, 0.15) is 6.04 Å². The molecule has 0 spiro atoms. The summed E-state index contributed by atoms with van der Waals surface area (Å²) in [4.78, 5) is 38.9. The van der Waals surface area contributed by atoms with Crippen LogP contribution in [0.2, 0.25) is 0 Å². The minimum atomic E-state index is -0.628. The van der Waals surface area contributed by atoms with E-state index in [2.05, 4.69) is 6.58 Å². The van der Waals surface area contributed by atoms with Gasteiger partial charge in [-0.25, -0.2) is 0 Å². The highest BCUT2D eigenvalue weighted by molar-refractivity contribution is 5.90. The van der Waals surface area contributed by atoms with Gasteiger partial charge in [-0.1, -0.05) is 20.4 Å². The van der Waals surface area contributed by atoms with Gasteiger partial charge in [-0.05, 0) is 25.3 Å². The number of hydrogen-bond donors (Lipinski definition) is 1. The van der Waals surface area contributed by atoms with Crippen LogP contribution in [-0.2, 0) is 14.4 Å². The molecule has 6 heteroatoms. The van der Waals surface area contributed by atoms with Crippen LogP contribution in [0.3, 0.4) is 0 Å². The van der Waals surface area contributed by atoms with Crippen LogP contribution < -0.4 is 5.73 Å². The van der Waals surface area contributed by atoms with Crippen molar-refractivity contribution in [3.05, 3.63) is 12.7 Å². The van der Waals surface area contributed by atoms with E-state index in [1.807, 2.05) is 20.8 Å². The molecule has 1 aliphatic rings. The molecular weight excluding hydrogens is 270 g/mol. The molecule has 1 rings (SSSR count). The molecular formula is C15H25N3O3. The summed E-state index contributed by atoms with van der Waals surface area (Å²) in [6, 6.07) is -0.638. The minimum absolute atomic E-state index is 0.0103. The van der Waals surface area contributed by atoms with Gasteiger partial charge in [-0.3, -0.25) is 14.4 Å². The van der Waals surface area contributed by atoms with Crippen molar-refractivity contribution in [3.8, 4) is 0 Å². The summed E-state index contributed by atoms with van der Waals surface area (Å²) in [5.41, 5.74) is 5.39. The highest BCUT2D eigenvalue weighted by Gasteiger charge is 2.39. The highest BCUT2D eigenvalue weighted by Crippen LogP contribution is 2.26. The maximum atomic E-state index is 12.6. The first-order valence-corrected chi connectivity index (χ1v) is 7.19. The summed E-state index contributed by atoms with van der Waals surface area (Å²) < 4.78 is 0. The molecule has 0 aliphatic carbocycles. The van der Waals surface area contributed by atoms with Gasteiger partial charge in [0.2, 0.25) is 17.7 Å². The maximum Gasteiger partial charge on any atom is 0.246 e. The number of rotatable bonds is 5. The molecule has 1 aliphatic heterocycles. The summed E-state index contributed by atoms with van der Waals surface area (Å²) in [5, 5.41) is 0. The van der Waals surface area contributed by atoms with Crippen LogP contribution in [0, 0.1) is 11.8 Å². The fourth-order valence-corrected chi connectivity index (χ4v) is 3.03. The quantitative estimate of drug-likeness (QED) is 0.744. The van der Waals surface area contributed by atoms with Crippen molar-refractivity contribution in [1.82, 2.24) is 9.80 Å². The standard InChI is InChI=1S/C15H25N3O3/c1-6-12(19)18-8-11(7-10(18)4)15(21)17(5)13(9(2)3)14(16)20/h6,9-11,13H,1,7-8H2,2-5H3,(H2,16,20)/t10-,11+,13-/m1/s1. The number of nitrogens with two attached hydrogens (primary N) is 1. The van der Waals surface area contributed by atoms with Crippen molar-refractivity contribution in [1.29, 1.82) is 0 Å². The Hall–Kier alpha value is -1.85. The highest BCUT2D eigenvalue weighted by atomic mass is 16.2. The molecule has 1 heterocycles. The van der Waals surface area contributed by atoms with Crippen molar-refractivity contribution in [3.63, 3.8) is 0 Å². The number of likely N-dealkylation sites (tertiary alicyclic amines) is 1. The van der Waals surface area contributed by atoms with Crippen LogP contribution >= 0.6 is 0 Å². The molecule has 118 valence electrons. The molecule has 0 saturated carbocycles. The smallest absolute Gasteiger partial charge is 0.246 e. The van der Waals surface area contributed by atoms with Crippen molar-refractivity contribution < 1.29 is 14.4 Å². The van der Waals surface area contributed by atoms with Crippen LogP contribution in [0.25, 0.3) is 0 Å². The summed E-state index contributed by atoms with van der Waals surface area (Å²) in [6.45, 7) is 9.44. The van der Waals surface area contributed by atoms with E-state index in [1.165, 1.54) is 11.0 Å². The molecule has 0 radical (unpaired) electrons. The average Bonchev–Trinajstić information content (AvgIpc) is 2.78. The van der Waals surface area contributed by atoms with E-state index >= 15 is 0 Å². The van der Waals surface area contributed by atoms with E-state index in [1.54, 1.807) is 11.9 Å². The molecule has 1 fully saturated rings. The molecule has 0 aromatic rings. The van der Waals surface area contributed by atoms with Crippen LogP contribution in [0.5, 0.6) is 0 Å². The maximum absolute atomic E-state index is 12.6. The van der Waals surface area contributed by atoms with E-state index in [0.717, 1.165) is 0 Å². The Kier molecular flexibility index (Phi) is 5.52. The normalized spacial score (nSPS) is 23.0. The second-order valence-electron chi connectivity index (χ2n) is 6.02. The fourth-order valence-electron chi connectivity index (χ4n) is 3.03. The zero-order valence-electron chi connectivity index (χ0n) is 13.2. The molecule has 6 nitrogen and oxygen atoms in total. The van der Waals surface area contributed by atoms with Gasteiger partial charge in [0, 0.05) is 19.6 Å². The molecule has 0 bridgehead atoms. The van der Waals surface area contributed by atoms with Gasteiger partial charge in [0.15, 0.2) is 0 Å². The summed E-state index contributed by atoms with van der Waals surface area (Å²) in [6.07, 6.45) is 1.85. The predicted octanol–water partition coefficient (Wildman–Crippen LogP) is 0.378. The lowest BCUT2D eigenvalue weighted by atomic mass is 9.99. The lowest BCUT2D eigenvalue weighted by Gasteiger charge is -2.30. The zero-order chi connectivity index (χ0) is 16.3. The summed E-state index contributed by atoms with van der Waals surface area (Å²) in [5.74, 6) is -1.17. The monoisotopic (exact) mass is 295 g/mol. The van der Waals surface area contributed by atoms with Gasteiger partial charge in [0.25, 0.3) is 0 Å². The largest absolute Gasteiger partial charge is 0.368 e. The van der Waals surface area contributed by atoms with Crippen molar-refractivity contribution in [2.75, 3.05) is 13.6 Å². The van der Waals surface area contributed by atoms with Gasteiger partial charge in [-0.15, -0.1) is 0 Å². The Bertz CT molecular complexity index is 447. The number of nitrogens with zero attached hydrogens (tertiary/aromatic N) is 2. The lowest BCUT2D eigenvalue weighted by molar-refractivity contribution is -0.142. The first-order valence-electron chi connectivity index (χ1n) is 7.19. The van der Waals surface area contributed by atoms with E-state index in [4.69, 9.17) is 5.73 Å². The van der Waals surface area contributed by atoms with E-state index in [-0.39, 0.29) is 29.7 Å². The van der Waals surface area contributed by atoms with Crippen molar-refractivity contribution in [2.24, 2.45) is 17.6 Å². The Balaban J connectivity index is 2.82. The molecule has 3 atom stereocenters. The summed E-state index contributed by atoms with van der Waals surface area (Å²) in [7, 11) is 1.60. The first kappa shape index (κ1) is 17.2. The van der Waals surface area contributed by atoms with Crippen LogP contribution in [0.4, 0.5) is 0 Å². The molecule has 1 saturated heterocycles. The summed E-state index contributed by atoms with van der Waals surface area (Å²) >= 11 is 0. The fraction of sp³-hybridized carbons (Fsp3) is 0.667. The third-order valence-corrected chi connectivity index (χ3v) is 4.07. The zero-order valence-corrected chi connectivity index (χ0v) is 13.2. The molecule has 21 heavy (non-hydrogen) atoms. The molecule has 3 amide bonds. The third kappa shape index (κ3) is 3.62. The Morgan fingerprint density at radius 1 is 1.38 bits per heavy atom. The van der Waals surface area contributed by atoms with Gasteiger partial charge in [-0.2, -0.15) is 0 Å². The Morgan fingerprint density at radius 2 is 1.95 bits per heavy atom. The van der Waals surface area contributed by atoms with Crippen LogP contribution in [-0.4, -0.2) is 53.2 Å². The third-order valence-electron chi connectivity index (χ3n) is 4.07. The van der Waals surface area contributed by atoms with Crippen molar-refractivity contribution >= 4 is 17.7 Å². The Labute approximate surface area is 125 Å². The van der Waals surface area contributed by atoms with Crippen LogP contribution in [0.1, 0.15) is 27.2 Å². The van der Waals surface area contributed by atoms with Crippen LogP contribution in [0.15, 0.2) is 12.7 Å². The van der Waals surface area contributed by atoms with Gasteiger partial charge in [0.05, 0.1) is 5.92 Å². The second kappa shape index (κ2) is 6.74. The lowest BCUT2D eigenvalue weighted by Crippen LogP contribution is -2.50. The molecule has 2 N–H and O–H groups in total. The van der Waals surface area contributed by atoms with Crippen molar-refractivity contribution in [2.45, 2.75) is 39.3 Å². The van der Waals surface area contributed by atoms with E-state index in [0.29, 0.717) is 13.0 Å². The molecule has 0 unspecified atom stereocenters. The van der Waals surface area contributed by atoms with E-state index in [9.17, 15) is 14.4 Å².